The van der Waals surface area contributed by atoms with Crippen molar-refractivity contribution in [2.24, 2.45) is 5.73 Å². The van der Waals surface area contributed by atoms with Crippen molar-refractivity contribution >= 4 is 29.2 Å². The van der Waals surface area contributed by atoms with E-state index in [0.29, 0.717) is 17.0 Å². The highest BCUT2D eigenvalue weighted by Crippen LogP contribution is 2.34. The Bertz CT molecular complexity index is 517. The van der Waals surface area contributed by atoms with E-state index in [1.807, 2.05) is 6.92 Å². The number of ether oxygens (including phenoxy) is 1. The summed E-state index contributed by atoms with van der Waals surface area (Å²) in [5.74, 6) is -0.819. The predicted molar refractivity (Wildman–Crippen MR) is 83.1 cm³/mol. The predicted octanol–water partition coefficient (Wildman–Crippen LogP) is 3.99. The number of hydrogen-bond donors (Lipinski definition) is 1. The number of hydrogen-bond acceptors (Lipinski definition) is 3. The molecule has 1 aromatic rings. The van der Waals surface area contributed by atoms with E-state index in [1.54, 1.807) is 13.8 Å². The molecule has 0 amide bonds. The normalized spacial score (nSPS) is 14.6. The average molecular weight is 336 g/mol. The minimum absolute atomic E-state index is 0.122. The lowest BCUT2D eigenvalue weighted by Crippen LogP contribution is -2.33. The minimum atomic E-state index is -1.05. The maximum Gasteiger partial charge on any atom is 0.307 e. The molecule has 1 aromatic carbocycles. The van der Waals surface area contributed by atoms with Crippen LogP contribution in [0.15, 0.2) is 18.2 Å². The maximum absolute atomic E-state index is 13.4. The van der Waals surface area contributed by atoms with Crippen LogP contribution in [0.2, 0.25) is 5.02 Å². The van der Waals surface area contributed by atoms with Gasteiger partial charge < -0.3 is 10.5 Å². The third-order valence-electron chi connectivity index (χ3n) is 3.27. The van der Waals surface area contributed by atoms with Gasteiger partial charge in [-0.15, -0.1) is 0 Å². The molecule has 0 aliphatic carbocycles. The third-order valence-corrected chi connectivity index (χ3v) is 3.67. The molecule has 0 heterocycles. The van der Waals surface area contributed by atoms with Crippen molar-refractivity contribution < 1.29 is 13.9 Å². The molecule has 6 heteroatoms. The van der Waals surface area contributed by atoms with E-state index in [2.05, 4.69) is 0 Å². The summed E-state index contributed by atoms with van der Waals surface area (Å²) in [6, 6.07) is 4.12. The lowest BCUT2D eigenvalue weighted by molar-refractivity contribution is -0.150. The average Bonchev–Trinajstić information content (AvgIpc) is 2.37. The molecule has 0 aliphatic rings. The maximum atomic E-state index is 13.4. The van der Waals surface area contributed by atoms with Gasteiger partial charge in [-0.2, -0.15) is 0 Å². The molecule has 118 valence electrons. The molecule has 0 fully saturated rings. The minimum Gasteiger partial charge on any atom is -0.444 e. The lowest BCUT2D eigenvalue weighted by atomic mass is 9.78. The van der Waals surface area contributed by atoms with Crippen molar-refractivity contribution in [3.8, 4) is 0 Å². The van der Waals surface area contributed by atoms with Gasteiger partial charge in [-0.1, -0.05) is 30.1 Å². The quantitative estimate of drug-likeness (QED) is 0.631. The van der Waals surface area contributed by atoms with Gasteiger partial charge in [0, 0.05) is 23.4 Å². The largest absolute Gasteiger partial charge is 0.444 e. The van der Waals surface area contributed by atoms with Crippen molar-refractivity contribution in [2.45, 2.75) is 44.1 Å². The number of esters is 1. The van der Waals surface area contributed by atoms with E-state index in [9.17, 15) is 9.18 Å². The Morgan fingerprint density at radius 1 is 1.38 bits per heavy atom. The van der Waals surface area contributed by atoms with Crippen molar-refractivity contribution in [1.82, 2.24) is 0 Å². The van der Waals surface area contributed by atoms with Crippen LogP contribution in [0.3, 0.4) is 0 Å². The van der Waals surface area contributed by atoms with E-state index in [1.165, 1.54) is 18.2 Å². The Morgan fingerprint density at radius 2 is 2.00 bits per heavy atom. The van der Waals surface area contributed by atoms with Gasteiger partial charge >= 0.3 is 5.97 Å². The van der Waals surface area contributed by atoms with Crippen LogP contribution in [0.25, 0.3) is 0 Å². The molecule has 21 heavy (non-hydrogen) atoms. The number of halogens is 3. The topological polar surface area (TPSA) is 52.3 Å². The van der Waals surface area contributed by atoms with Crippen molar-refractivity contribution in [1.29, 1.82) is 0 Å². The highest BCUT2D eigenvalue weighted by atomic mass is 35.5. The molecule has 3 nitrogen and oxygen atoms in total. The van der Waals surface area contributed by atoms with Crippen LogP contribution in [0.1, 0.15) is 39.2 Å². The standard InChI is InChI=1S/C15H20Cl2FNO2/c1-14(2,17)21-13(20)6-7-15(3,9-19)11-8-10(18)4-5-12(11)16/h4-5,8H,6-7,9,19H2,1-3H3. The molecule has 2 N–H and O–H groups in total. The molecule has 0 spiro atoms. The molecular formula is C15H20Cl2FNO2. The molecule has 0 saturated heterocycles. The Kier molecular flexibility index (Phi) is 6.02. The van der Waals surface area contributed by atoms with Gasteiger partial charge in [0.05, 0.1) is 0 Å². The zero-order chi connectivity index (χ0) is 16.3. The summed E-state index contributed by atoms with van der Waals surface area (Å²) >= 11 is 12.0. The highest BCUT2D eigenvalue weighted by molar-refractivity contribution is 6.31. The van der Waals surface area contributed by atoms with Crippen LogP contribution in [0.4, 0.5) is 4.39 Å². The van der Waals surface area contributed by atoms with Crippen LogP contribution in [0.5, 0.6) is 0 Å². The number of alkyl halides is 1. The zero-order valence-electron chi connectivity index (χ0n) is 12.4. The number of carbonyl (C=O) groups is 1. The second-order valence-corrected chi connectivity index (χ2v) is 7.04. The van der Waals surface area contributed by atoms with Gasteiger partial charge in [-0.05, 0) is 44.0 Å². The van der Waals surface area contributed by atoms with Gasteiger partial charge in [0.15, 0.2) is 5.06 Å². The van der Waals surface area contributed by atoms with Crippen LogP contribution in [-0.2, 0) is 14.9 Å². The van der Waals surface area contributed by atoms with Gasteiger partial charge in [-0.25, -0.2) is 4.39 Å². The SMILES string of the molecule is CC(C)(Cl)OC(=O)CCC(C)(CN)c1cc(F)ccc1Cl. The van der Waals surface area contributed by atoms with E-state index in [-0.39, 0.29) is 13.0 Å². The first kappa shape index (κ1) is 18.2. The molecule has 0 radical (unpaired) electrons. The van der Waals surface area contributed by atoms with E-state index in [4.69, 9.17) is 33.7 Å². The first-order chi connectivity index (χ1) is 9.57. The Balaban J connectivity index is 2.86. The second kappa shape index (κ2) is 6.95. The number of rotatable bonds is 6. The van der Waals surface area contributed by atoms with Crippen LogP contribution in [0, 0.1) is 5.82 Å². The summed E-state index contributed by atoms with van der Waals surface area (Å²) in [7, 11) is 0. The Morgan fingerprint density at radius 3 is 2.52 bits per heavy atom. The molecular weight excluding hydrogens is 316 g/mol. The lowest BCUT2D eigenvalue weighted by Gasteiger charge is -2.29. The van der Waals surface area contributed by atoms with Crippen molar-refractivity contribution in [3.05, 3.63) is 34.6 Å². The molecule has 1 rings (SSSR count). The molecule has 0 bridgehead atoms. The molecule has 1 unspecified atom stereocenters. The fraction of sp³-hybridized carbons (Fsp3) is 0.533. The van der Waals surface area contributed by atoms with Gasteiger partial charge in [-0.3, -0.25) is 4.79 Å². The van der Waals surface area contributed by atoms with Crippen molar-refractivity contribution in [2.75, 3.05) is 6.54 Å². The summed E-state index contributed by atoms with van der Waals surface area (Å²) in [6.45, 7) is 5.23. The summed E-state index contributed by atoms with van der Waals surface area (Å²) < 4.78 is 18.5. The summed E-state index contributed by atoms with van der Waals surface area (Å²) in [5, 5.41) is -0.623. The number of nitrogens with two attached hydrogens (primary N) is 1. The van der Waals surface area contributed by atoms with E-state index >= 15 is 0 Å². The second-order valence-electron chi connectivity index (χ2n) is 5.73. The summed E-state index contributed by atoms with van der Waals surface area (Å²) in [4.78, 5) is 11.7. The smallest absolute Gasteiger partial charge is 0.307 e. The Hall–Kier alpha value is -0.840. The molecule has 0 aromatic heterocycles. The summed E-state index contributed by atoms with van der Waals surface area (Å²) in [6.07, 6.45) is 0.509. The van der Waals surface area contributed by atoms with Crippen LogP contribution >= 0.6 is 23.2 Å². The van der Waals surface area contributed by atoms with E-state index < -0.39 is 22.3 Å². The number of benzene rings is 1. The van der Waals surface area contributed by atoms with Crippen LogP contribution < -0.4 is 5.73 Å². The van der Waals surface area contributed by atoms with Gasteiger partial charge in [0.1, 0.15) is 5.82 Å². The summed E-state index contributed by atoms with van der Waals surface area (Å²) in [5.41, 5.74) is 5.78. The first-order valence-electron chi connectivity index (χ1n) is 6.64. The van der Waals surface area contributed by atoms with Crippen molar-refractivity contribution in [3.63, 3.8) is 0 Å². The molecule has 1 atom stereocenters. The van der Waals surface area contributed by atoms with Crippen LogP contribution in [-0.4, -0.2) is 17.6 Å². The molecule has 0 aliphatic heterocycles. The fourth-order valence-electron chi connectivity index (χ4n) is 2.01. The highest BCUT2D eigenvalue weighted by Gasteiger charge is 2.30. The number of carbonyl (C=O) groups excluding carboxylic acids is 1. The third kappa shape index (κ3) is 5.46. The monoisotopic (exact) mass is 335 g/mol. The first-order valence-corrected chi connectivity index (χ1v) is 7.39. The zero-order valence-corrected chi connectivity index (χ0v) is 13.9. The van der Waals surface area contributed by atoms with Gasteiger partial charge in [0.25, 0.3) is 0 Å². The Labute approximate surface area is 134 Å². The van der Waals surface area contributed by atoms with Gasteiger partial charge in [0.2, 0.25) is 0 Å². The fourth-order valence-corrected chi connectivity index (χ4v) is 2.44. The van der Waals surface area contributed by atoms with E-state index in [0.717, 1.165) is 0 Å². The molecule has 0 saturated carbocycles.